The van der Waals surface area contributed by atoms with Gasteiger partial charge in [-0.05, 0) is 29.8 Å². The Labute approximate surface area is 154 Å². The molecule has 1 amide bonds. The van der Waals surface area contributed by atoms with Gasteiger partial charge in [0.25, 0.3) is 0 Å². The summed E-state index contributed by atoms with van der Waals surface area (Å²) in [6, 6.07) is 8.88. The highest BCUT2D eigenvalue weighted by atomic mass is 79.9. The van der Waals surface area contributed by atoms with Gasteiger partial charge < -0.3 is 24.3 Å². The molecule has 25 heavy (non-hydrogen) atoms. The molecule has 0 aliphatic carbocycles. The fraction of sp³-hybridized carbons (Fsp3) is 0.278. The molecular weight excluding hydrogens is 390 g/mol. The van der Waals surface area contributed by atoms with Gasteiger partial charge in [0.15, 0.2) is 11.5 Å². The third-order valence-corrected chi connectivity index (χ3v) is 4.48. The van der Waals surface area contributed by atoms with Gasteiger partial charge in [0.2, 0.25) is 5.91 Å². The Morgan fingerprint density at radius 2 is 1.84 bits per heavy atom. The first-order valence-electron chi connectivity index (χ1n) is 7.70. The Kier molecular flexibility index (Phi) is 5.33. The number of rotatable bonds is 5. The normalized spacial score (nSPS) is 12.4. The van der Waals surface area contributed by atoms with Crippen LogP contribution in [0.5, 0.6) is 23.0 Å². The zero-order chi connectivity index (χ0) is 17.8. The lowest BCUT2D eigenvalue weighted by molar-refractivity contribution is -0.115. The number of ether oxygens (including phenoxy) is 4. The van der Waals surface area contributed by atoms with Crippen LogP contribution in [0.3, 0.4) is 0 Å². The lowest BCUT2D eigenvalue weighted by Gasteiger charge is -2.20. The van der Waals surface area contributed by atoms with E-state index in [2.05, 4.69) is 21.2 Å². The molecule has 0 saturated heterocycles. The van der Waals surface area contributed by atoms with Crippen LogP contribution in [0.25, 0.3) is 0 Å². The number of hydrogen-bond donors (Lipinski definition) is 1. The largest absolute Gasteiger partial charge is 0.497 e. The summed E-state index contributed by atoms with van der Waals surface area (Å²) < 4.78 is 22.4. The number of amides is 1. The Hall–Kier alpha value is -2.41. The molecule has 0 fully saturated rings. The van der Waals surface area contributed by atoms with Crippen molar-refractivity contribution in [2.75, 3.05) is 32.8 Å². The summed E-state index contributed by atoms with van der Waals surface area (Å²) in [6.07, 6.45) is 0.178. The highest BCUT2D eigenvalue weighted by Gasteiger charge is 2.17. The van der Waals surface area contributed by atoms with Crippen molar-refractivity contribution >= 4 is 27.5 Å². The SMILES string of the molecule is COc1ccc(OC)c(NC(=O)Cc2cc3c(cc2Br)OCCO3)c1. The van der Waals surface area contributed by atoms with E-state index < -0.39 is 0 Å². The van der Waals surface area contributed by atoms with E-state index in [4.69, 9.17) is 18.9 Å². The minimum Gasteiger partial charge on any atom is -0.497 e. The van der Waals surface area contributed by atoms with E-state index in [1.165, 1.54) is 0 Å². The van der Waals surface area contributed by atoms with Gasteiger partial charge in [-0.25, -0.2) is 0 Å². The quantitative estimate of drug-likeness (QED) is 0.822. The monoisotopic (exact) mass is 407 g/mol. The second-order valence-corrected chi connectivity index (χ2v) is 6.23. The zero-order valence-corrected chi connectivity index (χ0v) is 15.5. The molecular formula is C18H18BrNO5. The van der Waals surface area contributed by atoms with E-state index in [0.717, 1.165) is 10.0 Å². The highest BCUT2D eigenvalue weighted by Crippen LogP contribution is 2.36. The Balaban J connectivity index is 1.77. The van der Waals surface area contributed by atoms with Crippen LogP contribution in [-0.4, -0.2) is 33.3 Å². The van der Waals surface area contributed by atoms with Crippen LogP contribution in [0.1, 0.15) is 5.56 Å². The highest BCUT2D eigenvalue weighted by molar-refractivity contribution is 9.10. The molecule has 0 unspecified atom stereocenters. The lowest BCUT2D eigenvalue weighted by Crippen LogP contribution is -2.18. The lowest BCUT2D eigenvalue weighted by atomic mass is 10.1. The van der Waals surface area contributed by atoms with Crippen molar-refractivity contribution < 1.29 is 23.7 Å². The maximum absolute atomic E-state index is 12.5. The zero-order valence-electron chi connectivity index (χ0n) is 13.9. The van der Waals surface area contributed by atoms with E-state index >= 15 is 0 Å². The van der Waals surface area contributed by atoms with Crippen LogP contribution in [0.4, 0.5) is 5.69 Å². The van der Waals surface area contributed by atoms with E-state index in [9.17, 15) is 4.79 Å². The molecule has 132 valence electrons. The summed E-state index contributed by atoms with van der Waals surface area (Å²) in [4.78, 5) is 12.5. The van der Waals surface area contributed by atoms with Crippen LogP contribution in [-0.2, 0) is 11.2 Å². The van der Waals surface area contributed by atoms with Gasteiger partial charge >= 0.3 is 0 Å². The van der Waals surface area contributed by atoms with Gasteiger partial charge in [0.1, 0.15) is 24.7 Å². The summed E-state index contributed by atoms with van der Waals surface area (Å²) in [5, 5.41) is 2.86. The van der Waals surface area contributed by atoms with Crippen LogP contribution >= 0.6 is 15.9 Å². The standard InChI is InChI=1S/C18H18BrNO5/c1-22-12-3-4-15(23-2)14(9-12)20-18(21)8-11-7-16-17(10-13(11)19)25-6-5-24-16/h3-4,7,9-10H,5-6,8H2,1-2H3,(H,20,21). The van der Waals surface area contributed by atoms with E-state index in [0.29, 0.717) is 41.9 Å². The van der Waals surface area contributed by atoms with Crippen molar-refractivity contribution in [1.82, 2.24) is 0 Å². The Morgan fingerprint density at radius 1 is 1.12 bits per heavy atom. The van der Waals surface area contributed by atoms with E-state index in [1.807, 2.05) is 12.1 Å². The number of carbonyl (C=O) groups is 1. The smallest absolute Gasteiger partial charge is 0.228 e. The maximum atomic E-state index is 12.5. The topological polar surface area (TPSA) is 66.0 Å². The van der Waals surface area contributed by atoms with Crippen LogP contribution in [0, 0.1) is 0 Å². The molecule has 0 spiro atoms. The molecule has 1 aliphatic heterocycles. The number of nitrogens with one attached hydrogen (secondary N) is 1. The second kappa shape index (κ2) is 7.65. The van der Waals surface area contributed by atoms with Gasteiger partial charge in [-0.3, -0.25) is 4.79 Å². The van der Waals surface area contributed by atoms with Crippen LogP contribution in [0.15, 0.2) is 34.8 Å². The summed E-state index contributed by atoms with van der Waals surface area (Å²) in [5.74, 6) is 2.35. The number of carbonyl (C=O) groups excluding carboxylic acids is 1. The third kappa shape index (κ3) is 3.99. The molecule has 1 aliphatic rings. The molecule has 0 aromatic heterocycles. The average Bonchev–Trinajstić information content (AvgIpc) is 2.62. The summed E-state index contributed by atoms with van der Waals surface area (Å²) in [5.41, 5.74) is 1.36. The molecule has 1 N–H and O–H groups in total. The molecule has 2 aromatic carbocycles. The number of halogens is 1. The van der Waals surface area contributed by atoms with Crippen molar-refractivity contribution in [2.45, 2.75) is 6.42 Å². The molecule has 2 aromatic rings. The molecule has 0 saturated carbocycles. The predicted octanol–water partition coefficient (Wildman–Crippen LogP) is 3.42. The van der Waals surface area contributed by atoms with Crippen molar-refractivity contribution in [3.8, 4) is 23.0 Å². The van der Waals surface area contributed by atoms with Gasteiger partial charge in [0, 0.05) is 10.5 Å². The van der Waals surface area contributed by atoms with Gasteiger partial charge in [-0.15, -0.1) is 0 Å². The van der Waals surface area contributed by atoms with Gasteiger partial charge in [-0.2, -0.15) is 0 Å². The van der Waals surface area contributed by atoms with Gasteiger partial charge in [-0.1, -0.05) is 15.9 Å². The van der Waals surface area contributed by atoms with Crippen molar-refractivity contribution in [2.24, 2.45) is 0 Å². The number of anilines is 1. The third-order valence-electron chi connectivity index (χ3n) is 3.74. The number of fused-ring (bicyclic) bond motifs is 1. The molecule has 7 heteroatoms. The molecule has 1 heterocycles. The predicted molar refractivity (Wildman–Crippen MR) is 97.0 cm³/mol. The van der Waals surface area contributed by atoms with Gasteiger partial charge in [0.05, 0.1) is 26.3 Å². The summed E-state index contributed by atoms with van der Waals surface area (Å²) >= 11 is 3.48. The van der Waals surface area contributed by atoms with Crippen molar-refractivity contribution in [3.05, 3.63) is 40.4 Å². The molecule has 3 rings (SSSR count). The van der Waals surface area contributed by atoms with Crippen LogP contribution < -0.4 is 24.3 Å². The van der Waals surface area contributed by atoms with Crippen molar-refractivity contribution in [1.29, 1.82) is 0 Å². The Morgan fingerprint density at radius 3 is 2.52 bits per heavy atom. The Bertz CT molecular complexity index is 793. The minimum atomic E-state index is -0.177. The molecule has 0 bridgehead atoms. The molecule has 6 nitrogen and oxygen atoms in total. The number of benzene rings is 2. The van der Waals surface area contributed by atoms with E-state index in [-0.39, 0.29) is 12.3 Å². The van der Waals surface area contributed by atoms with Crippen molar-refractivity contribution in [3.63, 3.8) is 0 Å². The number of methoxy groups -OCH3 is 2. The van der Waals surface area contributed by atoms with E-state index in [1.54, 1.807) is 32.4 Å². The average molecular weight is 408 g/mol. The molecule has 0 radical (unpaired) electrons. The first kappa shape index (κ1) is 17.4. The summed E-state index contributed by atoms with van der Waals surface area (Å²) in [7, 11) is 3.12. The fourth-order valence-electron chi connectivity index (χ4n) is 2.52. The fourth-order valence-corrected chi connectivity index (χ4v) is 2.98. The maximum Gasteiger partial charge on any atom is 0.228 e. The minimum absolute atomic E-state index is 0.177. The first-order valence-corrected chi connectivity index (χ1v) is 8.50. The summed E-state index contributed by atoms with van der Waals surface area (Å²) in [6.45, 7) is 1.02. The second-order valence-electron chi connectivity index (χ2n) is 5.38. The number of hydrogen-bond acceptors (Lipinski definition) is 5. The molecule has 0 atom stereocenters. The first-order chi connectivity index (χ1) is 12.1. The van der Waals surface area contributed by atoms with Crippen LogP contribution in [0.2, 0.25) is 0 Å².